The van der Waals surface area contributed by atoms with E-state index in [1.165, 1.54) is 12.1 Å². The number of hydrogen-bond donors (Lipinski definition) is 1. The third-order valence-corrected chi connectivity index (χ3v) is 1.82. The second kappa shape index (κ2) is 3.85. The second-order valence-corrected chi connectivity index (χ2v) is 2.64. The predicted octanol–water partition coefficient (Wildman–Crippen LogP) is 1.80. The fourth-order valence-electron chi connectivity index (χ4n) is 1.07. The molecule has 0 heterocycles. The van der Waals surface area contributed by atoms with Gasteiger partial charge >= 0.3 is 0 Å². The Morgan fingerprint density at radius 3 is 2.77 bits per heavy atom. The summed E-state index contributed by atoms with van der Waals surface area (Å²) in [6, 6.07) is 4.55. The Balaban J connectivity index is 3.23. The summed E-state index contributed by atoms with van der Waals surface area (Å²) in [5, 5.41) is 9.44. The standard InChI is InChI=1S/C10H10O3/c1-2-9(12)8-5-3-4-7(6-11)10(8)13/h3-6,13H,2H2,1H3. The van der Waals surface area contributed by atoms with E-state index < -0.39 is 0 Å². The van der Waals surface area contributed by atoms with Gasteiger partial charge in [-0.15, -0.1) is 0 Å². The maximum atomic E-state index is 11.2. The van der Waals surface area contributed by atoms with Crippen molar-refractivity contribution in [1.82, 2.24) is 0 Å². The van der Waals surface area contributed by atoms with Gasteiger partial charge in [-0.05, 0) is 12.1 Å². The van der Waals surface area contributed by atoms with E-state index in [1.54, 1.807) is 13.0 Å². The number of phenolic OH excluding ortho intramolecular Hbond substituents is 1. The maximum Gasteiger partial charge on any atom is 0.166 e. The van der Waals surface area contributed by atoms with Gasteiger partial charge in [-0.3, -0.25) is 9.59 Å². The largest absolute Gasteiger partial charge is 0.506 e. The van der Waals surface area contributed by atoms with Crippen molar-refractivity contribution in [3.8, 4) is 5.75 Å². The summed E-state index contributed by atoms with van der Waals surface area (Å²) >= 11 is 0. The summed E-state index contributed by atoms with van der Waals surface area (Å²) in [6.45, 7) is 1.70. The molecule has 0 aliphatic carbocycles. The molecule has 0 aliphatic rings. The van der Waals surface area contributed by atoms with Gasteiger partial charge in [0, 0.05) is 6.42 Å². The molecule has 1 aromatic rings. The molecular formula is C10H10O3. The first-order valence-electron chi connectivity index (χ1n) is 4.01. The lowest BCUT2D eigenvalue weighted by Crippen LogP contribution is -1.98. The molecule has 0 saturated carbocycles. The van der Waals surface area contributed by atoms with Crippen molar-refractivity contribution in [2.24, 2.45) is 0 Å². The van der Waals surface area contributed by atoms with Crippen LogP contribution in [0.5, 0.6) is 5.75 Å². The van der Waals surface area contributed by atoms with E-state index in [-0.39, 0.29) is 22.7 Å². The van der Waals surface area contributed by atoms with Gasteiger partial charge in [0.15, 0.2) is 12.1 Å². The second-order valence-electron chi connectivity index (χ2n) is 2.64. The number of ketones is 1. The Morgan fingerprint density at radius 2 is 2.23 bits per heavy atom. The van der Waals surface area contributed by atoms with Gasteiger partial charge in [-0.2, -0.15) is 0 Å². The maximum absolute atomic E-state index is 11.2. The number of benzene rings is 1. The molecule has 1 N–H and O–H groups in total. The Morgan fingerprint density at radius 1 is 1.54 bits per heavy atom. The highest BCUT2D eigenvalue weighted by molar-refractivity contribution is 6.00. The molecule has 0 radical (unpaired) electrons. The van der Waals surface area contributed by atoms with Crippen molar-refractivity contribution in [1.29, 1.82) is 0 Å². The van der Waals surface area contributed by atoms with Crippen molar-refractivity contribution in [2.45, 2.75) is 13.3 Å². The highest BCUT2D eigenvalue weighted by Gasteiger charge is 2.11. The molecule has 0 bridgehead atoms. The minimum absolute atomic E-state index is 0.152. The fraction of sp³-hybridized carbons (Fsp3) is 0.200. The minimum Gasteiger partial charge on any atom is -0.506 e. The lowest BCUT2D eigenvalue weighted by atomic mass is 10.0. The smallest absolute Gasteiger partial charge is 0.166 e. The Kier molecular flexibility index (Phi) is 2.80. The van der Waals surface area contributed by atoms with Crippen LogP contribution < -0.4 is 0 Å². The molecule has 0 aromatic heterocycles. The summed E-state index contributed by atoms with van der Waals surface area (Å²) in [5.41, 5.74) is 0.367. The van der Waals surface area contributed by atoms with Gasteiger partial charge in [-0.1, -0.05) is 13.0 Å². The van der Waals surface area contributed by atoms with Crippen LogP contribution >= 0.6 is 0 Å². The average molecular weight is 178 g/mol. The third kappa shape index (κ3) is 1.75. The summed E-state index contributed by atoms with van der Waals surface area (Å²) in [5.74, 6) is -0.384. The SMILES string of the molecule is CCC(=O)c1cccc(C=O)c1O. The van der Waals surface area contributed by atoms with Crippen molar-refractivity contribution in [3.05, 3.63) is 29.3 Å². The number of aromatic hydroxyl groups is 1. The molecule has 0 fully saturated rings. The van der Waals surface area contributed by atoms with E-state index >= 15 is 0 Å². The molecule has 0 unspecified atom stereocenters. The van der Waals surface area contributed by atoms with Crippen LogP contribution in [0.4, 0.5) is 0 Å². The van der Waals surface area contributed by atoms with Crippen LogP contribution in [0.2, 0.25) is 0 Å². The highest BCUT2D eigenvalue weighted by atomic mass is 16.3. The van der Waals surface area contributed by atoms with Crippen LogP contribution in [0.15, 0.2) is 18.2 Å². The molecule has 3 heteroatoms. The van der Waals surface area contributed by atoms with Crippen LogP contribution in [-0.2, 0) is 0 Å². The quantitative estimate of drug-likeness (QED) is 0.567. The Bertz CT molecular complexity index is 342. The fourth-order valence-corrected chi connectivity index (χ4v) is 1.07. The minimum atomic E-state index is -0.218. The summed E-state index contributed by atoms with van der Waals surface area (Å²) in [4.78, 5) is 21.6. The van der Waals surface area contributed by atoms with Gasteiger partial charge in [0.2, 0.25) is 0 Å². The van der Waals surface area contributed by atoms with Gasteiger partial charge < -0.3 is 5.11 Å². The first-order valence-corrected chi connectivity index (χ1v) is 4.01. The predicted molar refractivity (Wildman–Crippen MR) is 48.1 cm³/mol. The lowest BCUT2D eigenvalue weighted by molar-refractivity contribution is 0.0985. The van der Waals surface area contributed by atoms with Crippen molar-refractivity contribution < 1.29 is 14.7 Å². The molecule has 0 spiro atoms. The number of para-hydroxylation sites is 1. The molecule has 0 saturated heterocycles. The number of aldehydes is 1. The monoisotopic (exact) mass is 178 g/mol. The van der Waals surface area contributed by atoms with Crippen LogP contribution in [-0.4, -0.2) is 17.2 Å². The molecular weight excluding hydrogens is 168 g/mol. The number of phenols is 1. The normalized spacial score (nSPS) is 9.62. The number of carbonyl (C=O) groups excluding carboxylic acids is 2. The Labute approximate surface area is 76.0 Å². The molecule has 0 amide bonds. The van der Waals surface area contributed by atoms with Crippen LogP contribution in [0, 0.1) is 0 Å². The molecule has 13 heavy (non-hydrogen) atoms. The van der Waals surface area contributed by atoms with E-state index in [0.717, 1.165) is 0 Å². The van der Waals surface area contributed by atoms with Gasteiger partial charge in [0.25, 0.3) is 0 Å². The Hall–Kier alpha value is -1.64. The highest BCUT2D eigenvalue weighted by Crippen LogP contribution is 2.21. The molecule has 68 valence electrons. The van der Waals surface area contributed by atoms with Crippen LogP contribution in [0.3, 0.4) is 0 Å². The van der Waals surface area contributed by atoms with E-state index in [2.05, 4.69) is 0 Å². The van der Waals surface area contributed by atoms with Crippen molar-refractivity contribution >= 4 is 12.1 Å². The number of Topliss-reactive ketones (excluding diaryl/α,β-unsaturated/α-hetero) is 1. The summed E-state index contributed by atoms with van der Waals surface area (Å²) in [6.07, 6.45) is 0.845. The van der Waals surface area contributed by atoms with Crippen molar-refractivity contribution in [3.63, 3.8) is 0 Å². The van der Waals surface area contributed by atoms with Gasteiger partial charge in [0.1, 0.15) is 5.75 Å². The van der Waals surface area contributed by atoms with E-state index in [0.29, 0.717) is 12.7 Å². The van der Waals surface area contributed by atoms with E-state index in [4.69, 9.17) is 0 Å². The number of hydrogen-bond acceptors (Lipinski definition) is 3. The first kappa shape index (κ1) is 9.45. The molecule has 3 nitrogen and oxygen atoms in total. The lowest BCUT2D eigenvalue weighted by Gasteiger charge is -2.02. The number of carbonyl (C=O) groups is 2. The summed E-state index contributed by atoms with van der Waals surface area (Å²) in [7, 11) is 0. The average Bonchev–Trinajstić information content (AvgIpc) is 2.17. The zero-order valence-electron chi connectivity index (χ0n) is 7.28. The van der Waals surface area contributed by atoms with Gasteiger partial charge in [-0.25, -0.2) is 0 Å². The molecule has 0 aliphatic heterocycles. The van der Waals surface area contributed by atoms with Gasteiger partial charge in [0.05, 0.1) is 11.1 Å². The van der Waals surface area contributed by atoms with E-state index in [9.17, 15) is 14.7 Å². The molecule has 1 aromatic carbocycles. The molecule has 0 atom stereocenters. The molecule has 1 rings (SSSR count). The topological polar surface area (TPSA) is 54.4 Å². The van der Waals surface area contributed by atoms with Crippen molar-refractivity contribution in [2.75, 3.05) is 0 Å². The van der Waals surface area contributed by atoms with Crippen LogP contribution in [0.1, 0.15) is 34.1 Å². The zero-order valence-corrected chi connectivity index (χ0v) is 7.28. The zero-order chi connectivity index (χ0) is 9.84. The number of rotatable bonds is 3. The third-order valence-electron chi connectivity index (χ3n) is 1.82. The first-order chi connectivity index (χ1) is 6.20. The van der Waals surface area contributed by atoms with Crippen LogP contribution in [0.25, 0.3) is 0 Å². The van der Waals surface area contributed by atoms with E-state index in [1.807, 2.05) is 0 Å². The summed E-state index contributed by atoms with van der Waals surface area (Å²) < 4.78 is 0.